The molecule has 1 saturated heterocycles. The van der Waals surface area contributed by atoms with E-state index in [1.54, 1.807) is 6.07 Å². The Balaban J connectivity index is 1.51. The Labute approximate surface area is 194 Å². The molecule has 2 saturated carbocycles. The summed E-state index contributed by atoms with van der Waals surface area (Å²) in [6.07, 6.45) is 6.38. The van der Waals surface area contributed by atoms with E-state index in [2.05, 4.69) is 0 Å². The summed E-state index contributed by atoms with van der Waals surface area (Å²) in [4.78, 5) is 15.5. The molecule has 1 aromatic rings. The van der Waals surface area contributed by atoms with Gasteiger partial charge < -0.3 is 10.0 Å². The van der Waals surface area contributed by atoms with Crippen LogP contribution in [0.25, 0.3) is 0 Å². The zero-order valence-electron chi connectivity index (χ0n) is 17.6. The Morgan fingerprint density at radius 1 is 1.06 bits per heavy atom. The molecular weight excluding hydrogens is 459 g/mol. The largest absolute Gasteiger partial charge is 0.393 e. The van der Waals surface area contributed by atoms with Crippen LogP contribution in [-0.2, 0) is 14.8 Å². The number of hydrogen-bond donors (Lipinski definition) is 1. The minimum Gasteiger partial charge on any atom is -0.393 e. The lowest BCUT2D eigenvalue weighted by atomic mass is 9.90. The summed E-state index contributed by atoms with van der Waals surface area (Å²) < 4.78 is 28.0. The fourth-order valence-electron chi connectivity index (χ4n) is 4.82. The van der Waals surface area contributed by atoms with Crippen molar-refractivity contribution in [3.8, 4) is 0 Å². The third-order valence-corrected chi connectivity index (χ3v) is 9.61. The molecule has 1 amide bonds. The smallest absolute Gasteiger partial charge is 0.246 e. The lowest BCUT2D eigenvalue weighted by Crippen LogP contribution is -2.51. The molecule has 2 aliphatic carbocycles. The second kappa shape index (κ2) is 9.56. The molecule has 0 radical (unpaired) electrons. The maximum atomic E-state index is 13.6. The first-order valence-corrected chi connectivity index (χ1v) is 13.4. The van der Waals surface area contributed by atoms with Crippen molar-refractivity contribution in [3.63, 3.8) is 0 Å². The van der Waals surface area contributed by atoms with Crippen molar-refractivity contribution in [1.82, 2.24) is 9.21 Å². The van der Waals surface area contributed by atoms with Crippen LogP contribution in [0.5, 0.6) is 0 Å². The van der Waals surface area contributed by atoms with Gasteiger partial charge in [-0.15, -0.1) is 0 Å². The Kier molecular flexibility index (Phi) is 7.18. The molecule has 0 bridgehead atoms. The number of nitrogens with zero attached hydrogens (tertiary/aromatic N) is 2. The lowest BCUT2D eigenvalue weighted by Gasteiger charge is -2.40. The molecule has 31 heavy (non-hydrogen) atoms. The molecule has 9 heteroatoms. The van der Waals surface area contributed by atoms with Crippen LogP contribution in [0.15, 0.2) is 23.1 Å². The molecule has 0 aromatic heterocycles. The number of aliphatic hydroxyl groups is 1. The van der Waals surface area contributed by atoms with E-state index in [1.165, 1.54) is 16.4 Å². The summed E-state index contributed by atoms with van der Waals surface area (Å²) in [5, 5.41) is 10.1. The highest BCUT2D eigenvalue weighted by Crippen LogP contribution is 2.36. The van der Waals surface area contributed by atoms with Gasteiger partial charge >= 0.3 is 0 Å². The van der Waals surface area contributed by atoms with Gasteiger partial charge in [-0.3, -0.25) is 4.79 Å². The molecule has 1 heterocycles. The van der Waals surface area contributed by atoms with Crippen molar-refractivity contribution in [2.45, 2.75) is 68.4 Å². The van der Waals surface area contributed by atoms with Crippen LogP contribution in [0.1, 0.15) is 51.4 Å². The van der Waals surface area contributed by atoms with E-state index >= 15 is 0 Å². The van der Waals surface area contributed by atoms with Crippen LogP contribution in [0.2, 0.25) is 10.0 Å². The third kappa shape index (κ3) is 5.22. The minimum atomic E-state index is -3.89. The van der Waals surface area contributed by atoms with E-state index in [-0.39, 0.29) is 45.5 Å². The van der Waals surface area contributed by atoms with Crippen molar-refractivity contribution < 1.29 is 18.3 Å². The molecule has 0 spiro atoms. The van der Waals surface area contributed by atoms with Crippen molar-refractivity contribution in [1.29, 1.82) is 0 Å². The van der Waals surface area contributed by atoms with E-state index in [0.29, 0.717) is 25.3 Å². The van der Waals surface area contributed by atoms with Gasteiger partial charge in [0.25, 0.3) is 0 Å². The number of carbonyl (C=O) groups is 1. The third-order valence-electron chi connectivity index (χ3n) is 6.79. The number of piperidine rings is 1. The maximum Gasteiger partial charge on any atom is 0.246 e. The van der Waals surface area contributed by atoms with E-state index in [1.807, 2.05) is 4.90 Å². The summed E-state index contributed by atoms with van der Waals surface area (Å²) in [5.41, 5.74) is 0. The van der Waals surface area contributed by atoms with Gasteiger partial charge in [-0.1, -0.05) is 29.3 Å². The summed E-state index contributed by atoms with van der Waals surface area (Å²) in [6.45, 7) is 1.25. The zero-order valence-corrected chi connectivity index (χ0v) is 19.9. The van der Waals surface area contributed by atoms with Crippen LogP contribution in [0.3, 0.4) is 0 Å². The van der Waals surface area contributed by atoms with E-state index in [4.69, 9.17) is 23.2 Å². The number of carbonyl (C=O) groups excluding carboxylic acids is 1. The molecular formula is C22H30Cl2N2O4S. The number of benzene rings is 1. The van der Waals surface area contributed by atoms with Crippen molar-refractivity contribution >= 4 is 39.1 Å². The topological polar surface area (TPSA) is 77.9 Å². The Morgan fingerprint density at radius 3 is 2.32 bits per heavy atom. The molecule has 6 nitrogen and oxygen atoms in total. The highest BCUT2D eigenvalue weighted by Gasteiger charge is 2.40. The summed E-state index contributed by atoms with van der Waals surface area (Å²) in [7, 11) is -3.89. The second-order valence-corrected chi connectivity index (χ2v) is 11.8. The van der Waals surface area contributed by atoms with Crippen molar-refractivity contribution in [2.75, 3.05) is 19.6 Å². The second-order valence-electron chi connectivity index (χ2n) is 9.15. The molecule has 3 aliphatic rings. The number of sulfonamides is 1. The SMILES string of the molecule is O=C(C1CCCN(S(=O)(=O)c2c(Cl)cccc2Cl)C1)N(CC1CC1)C1CCC(O)CC1. The van der Waals surface area contributed by atoms with Crippen LogP contribution in [-0.4, -0.2) is 60.4 Å². The summed E-state index contributed by atoms with van der Waals surface area (Å²) in [5.74, 6) is 0.245. The van der Waals surface area contributed by atoms with Gasteiger partial charge in [-0.05, 0) is 69.4 Å². The monoisotopic (exact) mass is 488 g/mol. The Morgan fingerprint density at radius 2 is 1.71 bits per heavy atom. The highest BCUT2D eigenvalue weighted by atomic mass is 35.5. The van der Waals surface area contributed by atoms with Crippen molar-refractivity contribution in [3.05, 3.63) is 28.2 Å². The Bertz CT molecular complexity index is 894. The average molecular weight is 489 g/mol. The predicted molar refractivity (Wildman–Crippen MR) is 121 cm³/mol. The molecule has 172 valence electrons. The fraction of sp³-hybridized carbons (Fsp3) is 0.682. The van der Waals surface area contributed by atoms with Gasteiger partial charge in [0.1, 0.15) is 4.90 Å². The van der Waals surface area contributed by atoms with Crippen LogP contribution < -0.4 is 0 Å². The highest BCUT2D eigenvalue weighted by molar-refractivity contribution is 7.89. The standard InChI is InChI=1S/C22H30Cl2N2O4S/c23-19-4-1-5-20(24)21(19)31(29,30)25-12-2-3-16(14-25)22(28)26(13-15-6-7-15)17-8-10-18(27)11-9-17/h1,4-5,15-18,27H,2-3,6-14H2. The normalized spacial score (nSPS) is 27.8. The first-order chi connectivity index (χ1) is 14.8. The number of hydrogen-bond acceptors (Lipinski definition) is 4. The van der Waals surface area contributed by atoms with Crippen LogP contribution in [0, 0.1) is 11.8 Å². The van der Waals surface area contributed by atoms with Gasteiger partial charge in [0, 0.05) is 25.7 Å². The van der Waals surface area contributed by atoms with Gasteiger partial charge in [-0.25, -0.2) is 8.42 Å². The number of rotatable bonds is 6. The maximum absolute atomic E-state index is 13.6. The van der Waals surface area contributed by atoms with Gasteiger partial charge in [0.15, 0.2) is 0 Å². The molecule has 1 unspecified atom stereocenters. The van der Waals surface area contributed by atoms with Gasteiger partial charge in [0.05, 0.1) is 22.1 Å². The number of halogens is 2. The quantitative estimate of drug-likeness (QED) is 0.657. The zero-order chi connectivity index (χ0) is 22.2. The molecule has 1 N–H and O–H groups in total. The molecule has 3 fully saturated rings. The lowest BCUT2D eigenvalue weighted by molar-refractivity contribution is -0.140. The molecule has 1 aromatic carbocycles. The predicted octanol–water partition coefficient (Wildman–Crippen LogP) is 3.94. The number of aliphatic hydroxyl groups excluding tert-OH is 1. The fourth-order valence-corrected chi connectivity index (χ4v) is 7.44. The minimum absolute atomic E-state index is 0.0541. The molecule has 4 rings (SSSR count). The van der Waals surface area contributed by atoms with Crippen LogP contribution >= 0.6 is 23.2 Å². The average Bonchev–Trinajstić information content (AvgIpc) is 3.56. The van der Waals surface area contributed by atoms with E-state index in [9.17, 15) is 18.3 Å². The summed E-state index contributed by atoms with van der Waals surface area (Å²) >= 11 is 12.3. The van der Waals surface area contributed by atoms with Gasteiger partial charge in [0.2, 0.25) is 15.9 Å². The van der Waals surface area contributed by atoms with Gasteiger partial charge in [-0.2, -0.15) is 4.31 Å². The molecule has 1 aliphatic heterocycles. The van der Waals surface area contributed by atoms with E-state index < -0.39 is 10.0 Å². The Hall–Kier alpha value is -0.860. The van der Waals surface area contributed by atoms with Crippen molar-refractivity contribution in [2.24, 2.45) is 11.8 Å². The molecule has 1 atom stereocenters. The first kappa shape index (κ1) is 23.3. The van der Waals surface area contributed by atoms with Crippen LogP contribution in [0.4, 0.5) is 0 Å². The first-order valence-electron chi connectivity index (χ1n) is 11.2. The van der Waals surface area contributed by atoms with E-state index in [0.717, 1.165) is 45.1 Å². The summed E-state index contributed by atoms with van der Waals surface area (Å²) in [6, 6.07) is 4.79. The number of amides is 1.